The largest absolute Gasteiger partial charge is 0.348 e. The molecule has 1 fully saturated rings. The van der Waals surface area contributed by atoms with Crippen LogP contribution in [0.4, 0.5) is 0 Å². The van der Waals surface area contributed by atoms with E-state index in [2.05, 4.69) is 15.5 Å². The summed E-state index contributed by atoms with van der Waals surface area (Å²) in [5.74, 6) is 0.442. The molecule has 1 N–H and O–H groups in total. The number of amides is 1. The number of aromatic nitrogens is 3. The van der Waals surface area contributed by atoms with Gasteiger partial charge in [-0.3, -0.25) is 4.79 Å². The summed E-state index contributed by atoms with van der Waals surface area (Å²) < 4.78 is 0. The van der Waals surface area contributed by atoms with Crippen molar-refractivity contribution in [1.29, 1.82) is 0 Å². The molecule has 0 saturated heterocycles. The predicted molar refractivity (Wildman–Crippen MR) is 80.8 cm³/mol. The summed E-state index contributed by atoms with van der Waals surface area (Å²) in [5, 5.41) is 12.2. The Labute approximate surface area is 128 Å². The number of rotatable bonds is 4. The zero-order chi connectivity index (χ0) is 15.0. The van der Waals surface area contributed by atoms with Gasteiger partial charge in [0.2, 0.25) is 0 Å². The van der Waals surface area contributed by atoms with Crippen molar-refractivity contribution < 1.29 is 4.79 Å². The summed E-state index contributed by atoms with van der Waals surface area (Å²) in [6.45, 7) is 3.82. The Balaban J connectivity index is 1.82. The lowest BCUT2D eigenvalue weighted by molar-refractivity contribution is 0.0929. The van der Waals surface area contributed by atoms with E-state index in [4.69, 9.17) is 11.6 Å². The van der Waals surface area contributed by atoms with E-state index in [-0.39, 0.29) is 11.9 Å². The second-order valence-corrected chi connectivity index (χ2v) is 5.94. The Morgan fingerprint density at radius 2 is 2.19 bits per heavy atom. The quantitative estimate of drug-likeness (QED) is 0.945. The molecule has 0 aliphatic heterocycles. The molecular weight excluding hydrogens is 288 g/mol. The highest BCUT2D eigenvalue weighted by molar-refractivity contribution is 6.30. The van der Waals surface area contributed by atoms with Crippen molar-refractivity contribution in [1.82, 2.24) is 20.3 Å². The van der Waals surface area contributed by atoms with Crippen LogP contribution in [0.25, 0.3) is 5.69 Å². The molecule has 0 spiro atoms. The van der Waals surface area contributed by atoms with Crippen molar-refractivity contribution in [3.05, 3.63) is 40.7 Å². The lowest BCUT2D eigenvalue weighted by Gasteiger charge is -2.11. The van der Waals surface area contributed by atoms with Crippen LogP contribution in [0.15, 0.2) is 24.3 Å². The zero-order valence-corrected chi connectivity index (χ0v) is 12.8. The molecular formula is C15H17ClN4O. The highest BCUT2D eigenvalue weighted by Crippen LogP contribution is 2.32. The number of hydrogen-bond acceptors (Lipinski definition) is 3. The molecule has 21 heavy (non-hydrogen) atoms. The van der Waals surface area contributed by atoms with Gasteiger partial charge in [-0.05, 0) is 50.8 Å². The molecule has 5 nitrogen and oxygen atoms in total. The predicted octanol–water partition coefficient (Wildman–Crippen LogP) is 2.76. The Morgan fingerprint density at radius 3 is 2.86 bits per heavy atom. The molecule has 1 amide bonds. The van der Waals surface area contributed by atoms with Gasteiger partial charge >= 0.3 is 0 Å². The molecule has 0 bridgehead atoms. The van der Waals surface area contributed by atoms with E-state index in [0.717, 1.165) is 5.69 Å². The number of carbonyl (C=O) groups is 1. The molecule has 110 valence electrons. The van der Waals surface area contributed by atoms with Crippen LogP contribution in [0, 0.1) is 12.8 Å². The Bertz CT molecular complexity index is 678. The van der Waals surface area contributed by atoms with E-state index in [1.807, 2.05) is 19.1 Å². The molecule has 1 aromatic heterocycles. The molecule has 2 aromatic rings. The summed E-state index contributed by atoms with van der Waals surface area (Å²) in [6, 6.07) is 7.40. The zero-order valence-electron chi connectivity index (χ0n) is 12.0. The highest BCUT2D eigenvalue weighted by atomic mass is 35.5. The second kappa shape index (κ2) is 5.48. The summed E-state index contributed by atoms with van der Waals surface area (Å²) in [5.41, 5.74) is 1.71. The first-order valence-corrected chi connectivity index (χ1v) is 7.43. The van der Waals surface area contributed by atoms with Crippen molar-refractivity contribution in [2.45, 2.75) is 32.7 Å². The lowest BCUT2D eigenvalue weighted by atomic mass is 10.2. The number of halogens is 1. The number of hydrogen-bond donors (Lipinski definition) is 1. The van der Waals surface area contributed by atoms with Crippen LogP contribution in [0.2, 0.25) is 5.02 Å². The number of nitrogens with one attached hydrogen (secondary N) is 1. The molecule has 3 rings (SSSR count). The smallest absolute Gasteiger partial charge is 0.273 e. The van der Waals surface area contributed by atoms with Crippen LogP contribution in [-0.2, 0) is 0 Å². The fourth-order valence-electron chi connectivity index (χ4n) is 2.29. The van der Waals surface area contributed by atoms with Crippen LogP contribution < -0.4 is 5.32 Å². The van der Waals surface area contributed by atoms with Crippen LogP contribution in [0.5, 0.6) is 0 Å². The first-order valence-electron chi connectivity index (χ1n) is 7.05. The van der Waals surface area contributed by atoms with Crippen LogP contribution in [0.3, 0.4) is 0 Å². The van der Waals surface area contributed by atoms with Gasteiger partial charge in [0.15, 0.2) is 5.69 Å². The number of aryl methyl sites for hydroxylation is 1. The van der Waals surface area contributed by atoms with Gasteiger partial charge in [0.25, 0.3) is 5.91 Å². The minimum atomic E-state index is -0.167. The van der Waals surface area contributed by atoms with E-state index in [9.17, 15) is 4.79 Å². The van der Waals surface area contributed by atoms with Crippen LogP contribution in [0.1, 0.15) is 35.9 Å². The van der Waals surface area contributed by atoms with Crippen molar-refractivity contribution in [2.24, 2.45) is 5.92 Å². The molecule has 1 saturated carbocycles. The summed E-state index contributed by atoms with van der Waals surface area (Å²) in [4.78, 5) is 13.7. The molecule has 6 heteroatoms. The van der Waals surface area contributed by atoms with E-state index < -0.39 is 0 Å². The molecule has 0 radical (unpaired) electrons. The molecule has 1 aliphatic rings. The number of benzene rings is 1. The van der Waals surface area contributed by atoms with Gasteiger partial charge in [-0.25, -0.2) is 0 Å². The molecule has 1 unspecified atom stereocenters. The van der Waals surface area contributed by atoms with Gasteiger partial charge in [-0.15, -0.1) is 5.10 Å². The van der Waals surface area contributed by atoms with E-state index in [1.165, 1.54) is 17.6 Å². The van der Waals surface area contributed by atoms with Crippen molar-refractivity contribution >= 4 is 17.5 Å². The minimum Gasteiger partial charge on any atom is -0.348 e. The minimum absolute atomic E-state index is 0.167. The van der Waals surface area contributed by atoms with E-state index in [0.29, 0.717) is 22.3 Å². The summed E-state index contributed by atoms with van der Waals surface area (Å²) in [7, 11) is 0. The van der Waals surface area contributed by atoms with Gasteiger partial charge in [0.1, 0.15) is 0 Å². The fourth-order valence-corrected chi connectivity index (χ4v) is 2.48. The normalized spacial score (nSPS) is 15.8. The van der Waals surface area contributed by atoms with Crippen LogP contribution in [-0.4, -0.2) is 26.9 Å². The maximum Gasteiger partial charge on any atom is 0.273 e. The van der Waals surface area contributed by atoms with Gasteiger partial charge in [0, 0.05) is 11.1 Å². The monoisotopic (exact) mass is 304 g/mol. The average molecular weight is 305 g/mol. The van der Waals surface area contributed by atoms with Crippen molar-refractivity contribution in [2.75, 3.05) is 0 Å². The lowest BCUT2D eigenvalue weighted by Crippen LogP contribution is -2.34. The van der Waals surface area contributed by atoms with E-state index in [1.54, 1.807) is 19.1 Å². The number of nitrogens with zero attached hydrogens (tertiary/aromatic N) is 3. The fraction of sp³-hybridized carbons (Fsp3) is 0.400. The third kappa shape index (κ3) is 3.08. The maximum atomic E-state index is 12.3. The maximum absolute atomic E-state index is 12.3. The van der Waals surface area contributed by atoms with Crippen molar-refractivity contribution in [3.8, 4) is 5.69 Å². The first kappa shape index (κ1) is 14.1. The second-order valence-electron chi connectivity index (χ2n) is 5.50. The molecule has 1 aliphatic carbocycles. The highest BCUT2D eigenvalue weighted by Gasteiger charge is 2.30. The third-order valence-electron chi connectivity index (χ3n) is 3.72. The summed E-state index contributed by atoms with van der Waals surface area (Å²) in [6.07, 6.45) is 2.38. The van der Waals surface area contributed by atoms with Gasteiger partial charge in [-0.2, -0.15) is 9.90 Å². The molecule has 1 heterocycles. The number of carbonyl (C=O) groups excluding carboxylic acids is 1. The Kier molecular flexibility index (Phi) is 3.68. The Morgan fingerprint density at radius 1 is 1.43 bits per heavy atom. The van der Waals surface area contributed by atoms with Gasteiger partial charge < -0.3 is 5.32 Å². The summed E-state index contributed by atoms with van der Waals surface area (Å²) >= 11 is 5.97. The third-order valence-corrected chi connectivity index (χ3v) is 3.96. The Hall–Kier alpha value is -1.88. The first-order chi connectivity index (χ1) is 10.0. The van der Waals surface area contributed by atoms with Gasteiger partial charge in [-0.1, -0.05) is 17.7 Å². The van der Waals surface area contributed by atoms with Crippen molar-refractivity contribution in [3.63, 3.8) is 0 Å². The van der Waals surface area contributed by atoms with Crippen LogP contribution >= 0.6 is 11.6 Å². The standard InChI is InChI=1S/C15H17ClN4O/c1-9(11-6-7-11)17-15(21)14-10(2)18-20(19-14)13-5-3-4-12(16)8-13/h3-5,8-9,11H,6-7H2,1-2H3,(H,17,21). The average Bonchev–Trinajstić information content (AvgIpc) is 3.21. The molecule has 1 atom stereocenters. The van der Waals surface area contributed by atoms with E-state index >= 15 is 0 Å². The SMILES string of the molecule is Cc1nn(-c2cccc(Cl)c2)nc1C(=O)NC(C)C1CC1. The molecule has 1 aromatic carbocycles. The topological polar surface area (TPSA) is 59.8 Å². The van der Waals surface area contributed by atoms with Gasteiger partial charge in [0.05, 0.1) is 11.4 Å².